The van der Waals surface area contributed by atoms with Gasteiger partial charge in [-0.3, -0.25) is 4.90 Å². The first-order valence-corrected chi connectivity index (χ1v) is 7.56. The van der Waals surface area contributed by atoms with Crippen molar-refractivity contribution >= 4 is 23.0 Å². The van der Waals surface area contributed by atoms with Gasteiger partial charge in [-0.15, -0.1) is 0 Å². The molecule has 0 aliphatic carbocycles. The minimum atomic E-state index is 0.800. The zero-order valence-corrected chi connectivity index (χ0v) is 13.1. The summed E-state index contributed by atoms with van der Waals surface area (Å²) in [5.41, 5.74) is 0.977. The maximum atomic E-state index is 5.49. The standard InChI is InChI=1S/C15H23N3OS/c1-3-7-17-8-10-18(11-9-17)15(20)16-13-5-4-6-14(12-13)19-2/h4-6,12H,3,7-11H2,1-2H3,(H,16,20). The SMILES string of the molecule is CCCN1CCN(C(=S)Nc2cccc(OC)c2)CC1. The molecule has 0 atom stereocenters. The predicted octanol–water partition coefficient (Wildman–Crippen LogP) is 2.42. The number of hydrogen-bond acceptors (Lipinski definition) is 3. The van der Waals surface area contributed by atoms with Gasteiger partial charge in [-0.1, -0.05) is 13.0 Å². The molecule has 1 saturated heterocycles. The summed E-state index contributed by atoms with van der Waals surface area (Å²) in [5, 5.41) is 4.09. The zero-order chi connectivity index (χ0) is 14.4. The van der Waals surface area contributed by atoms with Crippen LogP contribution in [-0.2, 0) is 0 Å². The van der Waals surface area contributed by atoms with Gasteiger partial charge in [-0.2, -0.15) is 0 Å². The summed E-state index contributed by atoms with van der Waals surface area (Å²) in [6, 6.07) is 7.85. The van der Waals surface area contributed by atoms with Crippen LogP contribution in [0, 0.1) is 0 Å². The average Bonchev–Trinajstić information content (AvgIpc) is 2.48. The van der Waals surface area contributed by atoms with E-state index in [0.717, 1.165) is 42.7 Å². The van der Waals surface area contributed by atoms with Crippen LogP contribution in [0.3, 0.4) is 0 Å². The summed E-state index contributed by atoms with van der Waals surface area (Å²) >= 11 is 5.49. The van der Waals surface area contributed by atoms with Crippen molar-refractivity contribution in [3.8, 4) is 5.75 Å². The van der Waals surface area contributed by atoms with Gasteiger partial charge < -0.3 is 15.0 Å². The van der Waals surface area contributed by atoms with E-state index in [9.17, 15) is 0 Å². The Balaban J connectivity index is 1.86. The largest absolute Gasteiger partial charge is 0.497 e. The summed E-state index contributed by atoms with van der Waals surface area (Å²) in [6.07, 6.45) is 1.21. The number of nitrogens with zero attached hydrogens (tertiary/aromatic N) is 2. The van der Waals surface area contributed by atoms with E-state index in [1.54, 1.807) is 7.11 Å². The Bertz CT molecular complexity index is 444. The molecule has 1 heterocycles. The second kappa shape index (κ2) is 7.45. The molecule has 1 aromatic rings. The number of anilines is 1. The van der Waals surface area contributed by atoms with Crippen LogP contribution >= 0.6 is 12.2 Å². The average molecular weight is 293 g/mol. The highest BCUT2D eigenvalue weighted by atomic mass is 32.1. The van der Waals surface area contributed by atoms with Gasteiger partial charge in [0.2, 0.25) is 0 Å². The minimum Gasteiger partial charge on any atom is -0.497 e. The Kier molecular flexibility index (Phi) is 5.61. The molecule has 0 aromatic heterocycles. The molecule has 1 aliphatic rings. The molecule has 2 rings (SSSR count). The molecule has 110 valence electrons. The van der Waals surface area contributed by atoms with Crippen molar-refractivity contribution in [1.82, 2.24) is 9.80 Å². The lowest BCUT2D eigenvalue weighted by molar-refractivity contribution is 0.184. The fourth-order valence-electron chi connectivity index (χ4n) is 2.39. The first kappa shape index (κ1) is 15.1. The van der Waals surface area contributed by atoms with E-state index in [2.05, 4.69) is 22.0 Å². The molecule has 5 heteroatoms. The number of ether oxygens (including phenoxy) is 1. The molecule has 0 amide bonds. The number of methoxy groups -OCH3 is 1. The summed E-state index contributed by atoms with van der Waals surface area (Å²) < 4.78 is 5.22. The highest BCUT2D eigenvalue weighted by Gasteiger charge is 2.18. The Morgan fingerprint density at radius 1 is 1.30 bits per heavy atom. The second-order valence-corrected chi connectivity index (χ2v) is 5.38. The number of hydrogen-bond donors (Lipinski definition) is 1. The summed E-state index contributed by atoms with van der Waals surface area (Å²) in [5.74, 6) is 0.838. The second-order valence-electron chi connectivity index (χ2n) is 4.99. The van der Waals surface area contributed by atoms with Crippen LogP contribution in [0.15, 0.2) is 24.3 Å². The number of piperazine rings is 1. The summed E-state index contributed by atoms with van der Waals surface area (Å²) in [7, 11) is 1.67. The normalized spacial score (nSPS) is 16.0. The molecule has 0 radical (unpaired) electrons. The lowest BCUT2D eigenvalue weighted by atomic mass is 10.3. The van der Waals surface area contributed by atoms with Crippen LogP contribution in [0.25, 0.3) is 0 Å². The van der Waals surface area contributed by atoms with Crippen molar-refractivity contribution in [2.75, 3.05) is 45.2 Å². The van der Waals surface area contributed by atoms with Crippen molar-refractivity contribution in [2.24, 2.45) is 0 Å². The molecular weight excluding hydrogens is 270 g/mol. The van der Waals surface area contributed by atoms with E-state index >= 15 is 0 Å². The first-order chi connectivity index (χ1) is 9.72. The third-order valence-electron chi connectivity index (χ3n) is 3.52. The molecule has 1 fully saturated rings. The van der Waals surface area contributed by atoms with Crippen LogP contribution in [0.5, 0.6) is 5.75 Å². The lowest BCUT2D eigenvalue weighted by Crippen LogP contribution is -2.49. The van der Waals surface area contributed by atoms with Crippen molar-refractivity contribution in [2.45, 2.75) is 13.3 Å². The van der Waals surface area contributed by atoms with Crippen LogP contribution in [0.2, 0.25) is 0 Å². The first-order valence-electron chi connectivity index (χ1n) is 7.15. The molecule has 0 bridgehead atoms. The topological polar surface area (TPSA) is 27.7 Å². The molecular formula is C15H23N3OS. The smallest absolute Gasteiger partial charge is 0.173 e. The number of rotatable bonds is 4. The Morgan fingerprint density at radius 3 is 2.70 bits per heavy atom. The van der Waals surface area contributed by atoms with E-state index < -0.39 is 0 Å². The van der Waals surface area contributed by atoms with Crippen LogP contribution < -0.4 is 10.1 Å². The summed E-state index contributed by atoms with van der Waals surface area (Å²) in [4.78, 5) is 4.73. The molecule has 4 nitrogen and oxygen atoms in total. The van der Waals surface area contributed by atoms with E-state index in [1.807, 2.05) is 24.3 Å². The third kappa shape index (κ3) is 4.08. The van der Waals surface area contributed by atoms with Crippen LogP contribution in [0.4, 0.5) is 5.69 Å². The molecule has 1 aromatic carbocycles. The Labute approximate surface area is 126 Å². The van der Waals surface area contributed by atoms with Crippen molar-refractivity contribution in [3.63, 3.8) is 0 Å². The monoisotopic (exact) mass is 293 g/mol. The predicted molar refractivity (Wildman–Crippen MR) is 87.5 cm³/mol. The molecule has 1 aliphatic heterocycles. The quantitative estimate of drug-likeness (QED) is 0.861. The maximum absolute atomic E-state index is 5.49. The third-order valence-corrected chi connectivity index (χ3v) is 3.88. The highest BCUT2D eigenvalue weighted by molar-refractivity contribution is 7.80. The molecule has 0 saturated carbocycles. The van der Waals surface area contributed by atoms with Crippen LogP contribution in [-0.4, -0.2) is 54.7 Å². The molecule has 0 spiro atoms. The fourth-order valence-corrected chi connectivity index (χ4v) is 2.69. The van der Waals surface area contributed by atoms with Gasteiger partial charge in [0, 0.05) is 37.9 Å². The Morgan fingerprint density at radius 2 is 2.05 bits per heavy atom. The van der Waals surface area contributed by atoms with Crippen molar-refractivity contribution in [3.05, 3.63) is 24.3 Å². The van der Waals surface area contributed by atoms with Crippen molar-refractivity contribution < 1.29 is 4.74 Å². The van der Waals surface area contributed by atoms with Gasteiger partial charge in [-0.05, 0) is 37.3 Å². The van der Waals surface area contributed by atoms with Crippen LogP contribution in [0.1, 0.15) is 13.3 Å². The van der Waals surface area contributed by atoms with Gasteiger partial charge in [0.1, 0.15) is 5.75 Å². The minimum absolute atomic E-state index is 0.800. The van der Waals surface area contributed by atoms with Gasteiger partial charge >= 0.3 is 0 Å². The maximum Gasteiger partial charge on any atom is 0.173 e. The van der Waals surface area contributed by atoms with E-state index in [0.29, 0.717) is 0 Å². The Hall–Kier alpha value is -1.33. The van der Waals surface area contributed by atoms with Gasteiger partial charge in [0.25, 0.3) is 0 Å². The number of benzene rings is 1. The van der Waals surface area contributed by atoms with E-state index in [1.165, 1.54) is 13.0 Å². The summed E-state index contributed by atoms with van der Waals surface area (Å²) in [6.45, 7) is 7.58. The lowest BCUT2D eigenvalue weighted by Gasteiger charge is -2.36. The highest BCUT2D eigenvalue weighted by Crippen LogP contribution is 2.17. The molecule has 0 unspecified atom stereocenters. The fraction of sp³-hybridized carbons (Fsp3) is 0.533. The van der Waals surface area contributed by atoms with Gasteiger partial charge in [-0.25, -0.2) is 0 Å². The van der Waals surface area contributed by atoms with Gasteiger partial charge in [0.05, 0.1) is 7.11 Å². The molecule has 1 N–H and O–H groups in total. The van der Waals surface area contributed by atoms with E-state index in [4.69, 9.17) is 17.0 Å². The zero-order valence-electron chi connectivity index (χ0n) is 12.3. The number of nitrogens with one attached hydrogen (secondary N) is 1. The van der Waals surface area contributed by atoms with E-state index in [-0.39, 0.29) is 0 Å². The van der Waals surface area contributed by atoms with Crippen molar-refractivity contribution in [1.29, 1.82) is 0 Å². The number of thiocarbonyl (C=S) groups is 1. The van der Waals surface area contributed by atoms with Gasteiger partial charge in [0.15, 0.2) is 5.11 Å². The molecule has 20 heavy (non-hydrogen) atoms.